The smallest absolute Gasteiger partial charge is 0.872 e. The van der Waals surface area contributed by atoms with Crippen molar-refractivity contribution >= 4 is 66.5 Å². The fourth-order valence-corrected chi connectivity index (χ4v) is 7.12. The van der Waals surface area contributed by atoms with Crippen LogP contribution < -0.4 is 20.8 Å². The van der Waals surface area contributed by atoms with Crippen LogP contribution in [0.4, 0.5) is 0 Å². The third-order valence-corrected chi connectivity index (χ3v) is 10.1. The van der Waals surface area contributed by atoms with Crippen LogP contribution in [-0.4, -0.2) is 46.4 Å². The summed E-state index contributed by atoms with van der Waals surface area (Å²) in [5.41, 5.74) is 1.15. The van der Waals surface area contributed by atoms with Gasteiger partial charge in [0.25, 0.3) is 0 Å². The van der Waals surface area contributed by atoms with E-state index in [1.54, 1.807) is 60.7 Å². The van der Waals surface area contributed by atoms with Crippen molar-refractivity contribution in [3.8, 4) is 11.5 Å². The van der Waals surface area contributed by atoms with E-state index in [1.165, 1.54) is 24.3 Å². The molecule has 0 amide bonds. The summed E-state index contributed by atoms with van der Waals surface area (Å²) in [7, 11) is 0. The van der Waals surface area contributed by atoms with E-state index in [4.69, 9.17) is 0 Å². The van der Waals surface area contributed by atoms with E-state index in [0.717, 1.165) is 25.7 Å². The number of rotatable bonds is 12. The van der Waals surface area contributed by atoms with Crippen molar-refractivity contribution in [1.82, 2.24) is 10.6 Å². The van der Waals surface area contributed by atoms with Gasteiger partial charge in [0.05, 0.1) is 12.1 Å². The average Bonchev–Trinajstić information content (AvgIpc) is 3.17. The van der Waals surface area contributed by atoms with E-state index in [2.05, 4.69) is 42.5 Å². The molecule has 289 valence electrons. The quantitative estimate of drug-likeness (QED) is 0.0723. The zero-order valence-corrected chi connectivity index (χ0v) is 34.0. The molecule has 0 heterocycles. The number of phenols is 2. The van der Waals surface area contributed by atoms with Gasteiger partial charge in [0.15, 0.2) is 0 Å². The first-order valence-electron chi connectivity index (χ1n) is 17.5. The van der Waals surface area contributed by atoms with E-state index in [-0.39, 0.29) is 62.0 Å². The Labute approximate surface area is 346 Å². The molecule has 1 radical (unpaired) electrons. The second-order valence-electron chi connectivity index (χ2n) is 12.8. The summed E-state index contributed by atoms with van der Waals surface area (Å²) in [5, 5.41) is 53.2. The Bertz CT molecular complexity index is 2030. The summed E-state index contributed by atoms with van der Waals surface area (Å²) in [6.45, 7) is 5.12. The fraction of sp³-hybridized carbons (Fsp3) is 0.238. The number of ketones is 4. The molecule has 2 atom stereocenters. The number of carbonyl (C=O) groups excluding carboxylic acids is 4. The number of unbranched alkanes of at least 4 members (excludes halogenated alkanes) is 2. The van der Waals surface area contributed by atoms with Gasteiger partial charge in [-0.05, 0) is 73.5 Å². The first kappa shape index (κ1) is 43.4. The first-order chi connectivity index (χ1) is 25.9. The fourth-order valence-electron chi connectivity index (χ4n) is 6.36. The maximum absolute atomic E-state index is 13.1. The van der Waals surface area contributed by atoms with Crippen LogP contribution in [0.25, 0.3) is 11.5 Å². The standard InChI is InChI=1S/2C21H20BrNO4.Cu/c2*1-2-3-10-23-18(15-11-12(22)8-9-16(15)24)17-19(25)13-6-4-5-7-14(13)20(26)21(17)27;/h2*4-9,11,18,23-25H,2-3,10H2,1H3;/q;;+2/p-2. The molecule has 4 N–H and O–H groups in total. The average molecular weight is 922 g/mol. The van der Waals surface area contributed by atoms with Crippen molar-refractivity contribution in [3.63, 3.8) is 0 Å². The van der Waals surface area contributed by atoms with Gasteiger partial charge >= 0.3 is 17.1 Å². The van der Waals surface area contributed by atoms with Gasteiger partial charge in [-0.2, -0.15) is 0 Å². The van der Waals surface area contributed by atoms with Crippen LogP contribution in [0.1, 0.15) is 94.6 Å². The molecule has 13 heteroatoms. The molecule has 0 spiro atoms. The molecule has 4 aromatic carbocycles. The molecule has 4 aromatic rings. The Balaban J connectivity index is 0.000000240. The Morgan fingerprint density at radius 1 is 0.564 bits per heavy atom. The van der Waals surface area contributed by atoms with Gasteiger partial charge in [-0.3, -0.25) is 19.2 Å². The largest absolute Gasteiger partial charge is 2.00 e. The molecule has 0 aromatic heterocycles. The molecule has 2 unspecified atom stereocenters. The summed E-state index contributed by atoms with van der Waals surface area (Å²) in [4.78, 5) is 50.7. The maximum Gasteiger partial charge on any atom is 2.00 e. The van der Waals surface area contributed by atoms with Crippen molar-refractivity contribution in [2.24, 2.45) is 0 Å². The molecule has 10 nitrogen and oxygen atoms in total. The predicted molar refractivity (Wildman–Crippen MR) is 208 cm³/mol. The van der Waals surface area contributed by atoms with Crippen molar-refractivity contribution in [2.75, 3.05) is 13.1 Å². The monoisotopic (exact) mass is 919 g/mol. The summed E-state index contributed by atoms with van der Waals surface area (Å²) in [6, 6.07) is 20.5. The molecule has 0 aliphatic heterocycles. The summed E-state index contributed by atoms with van der Waals surface area (Å²) < 4.78 is 1.39. The van der Waals surface area contributed by atoms with Gasteiger partial charge < -0.3 is 31.1 Å². The molecule has 2 aliphatic rings. The zero-order chi connectivity index (χ0) is 39.1. The number of Topliss-reactive ketones (excluding diaryl/α,β-unsaturated/α-hetero) is 4. The SMILES string of the molecule is CCCCNC(C1=C([O-])c2ccccc2C(=O)C1=O)c1cc(Br)ccc1O.CCCCNC(C1=C([O-])c2ccccc2C(=O)C1=O)c1cc(Br)ccc1O.[Cu+2]. The number of hydrogen-bond donors (Lipinski definition) is 4. The van der Waals surface area contributed by atoms with Crippen LogP contribution in [0.15, 0.2) is 105 Å². The Morgan fingerprint density at radius 3 is 1.25 bits per heavy atom. The number of halogens is 2. The number of nitrogens with one attached hydrogen (secondary N) is 2. The van der Waals surface area contributed by atoms with Crippen LogP contribution >= 0.6 is 31.9 Å². The van der Waals surface area contributed by atoms with E-state index < -0.39 is 46.7 Å². The van der Waals surface area contributed by atoms with Gasteiger partial charge in [-0.1, -0.05) is 119 Å². The van der Waals surface area contributed by atoms with Crippen LogP contribution in [0.3, 0.4) is 0 Å². The molecule has 0 saturated carbocycles. The molecule has 6 rings (SSSR count). The van der Waals surface area contributed by atoms with Gasteiger partial charge in [0.2, 0.25) is 23.1 Å². The summed E-state index contributed by atoms with van der Waals surface area (Å²) in [6.07, 6.45) is 3.49. The third kappa shape index (κ3) is 9.37. The van der Waals surface area contributed by atoms with Crippen LogP contribution in [-0.2, 0) is 26.7 Å². The number of phenolic OH excluding ortho intramolecular Hbond substituents is 2. The maximum atomic E-state index is 13.1. The van der Waals surface area contributed by atoms with E-state index >= 15 is 0 Å². The molecule has 2 aliphatic carbocycles. The molecule has 55 heavy (non-hydrogen) atoms. The van der Waals surface area contributed by atoms with Crippen LogP contribution in [0.2, 0.25) is 0 Å². The van der Waals surface area contributed by atoms with Gasteiger partial charge in [0, 0.05) is 42.3 Å². The third-order valence-electron chi connectivity index (χ3n) is 9.16. The number of carbonyl (C=O) groups is 4. The minimum absolute atomic E-state index is 0. The van der Waals surface area contributed by atoms with E-state index in [1.807, 2.05) is 13.8 Å². The van der Waals surface area contributed by atoms with E-state index in [9.17, 15) is 39.6 Å². The zero-order valence-electron chi connectivity index (χ0n) is 29.9. The first-order valence-corrected chi connectivity index (χ1v) is 19.1. The molecular weight excluding hydrogens is 884 g/mol. The second-order valence-corrected chi connectivity index (χ2v) is 14.6. The normalized spacial score (nSPS) is 14.8. The van der Waals surface area contributed by atoms with Gasteiger partial charge in [-0.15, -0.1) is 0 Å². The van der Waals surface area contributed by atoms with Gasteiger partial charge in [-0.25, -0.2) is 0 Å². The molecule has 0 saturated heterocycles. The van der Waals surface area contributed by atoms with Crippen LogP contribution in [0.5, 0.6) is 11.5 Å². The topological polar surface area (TPSA) is 179 Å². The van der Waals surface area contributed by atoms with E-state index in [0.29, 0.717) is 33.2 Å². The molecule has 0 bridgehead atoms. The van der Waals surface area contributed by atoms with Crippen molar-refractivity contribution in [1.29, 1.82) is 0 Å². The molecule has 0 fully saturated rings. The Kier molecular flexibility index (Phi) is 15.4. The van der Waals surface area contributed by atoms with Crippen molar-refractivity contribution in [2.45, 2.75) is 51.6 Å². The van der Waals surface area contributed by atoms with Crippen molar-refractivity contribution in [3.05, 3.63) is 138 Å². The summed E-state index contributed by atoms with van der Waals surface area (Å²) in [5.74, 6) is -4.11. The Morgan fingerprint density at radius 2 is 0.909 bits per heavy atom. The van der Waals surface area contributed by atoms with Crippen LogP contribution in [0, 0.1) is 0 Å². The minimum Gasteiger partial charge on any atom is -0.872 e. The minimum atomic E-state index is -0.869. The van der Waals surface area contributed by atoms with Gasteiger partial charge in [0.1, 0.15) is 11.5 Å². The summed E-state index contributed by atoms with van der Waals surface area (Å²) >= 11 is 6.71. The number of fused-ring (bicyclic) bond motifs is 2. The second kappa shape index (κ2) is 19.5. The number of benzene rings is 4. The number of hydrogen-bond acceptors (Lipinski definition) is 10. The predicted octanol–water partition coefficient (Wildman–Crippen LogP) is 6.24. The number of aromatic hydroxyl groups is 2. The molecular formula is C42H38Br2CuN2O8. The van der Waals surface area contributed by atoms with Crippen molar-refractivity contribution < 1.29 is 56.7 Å². The Hall–Kier alpha value is -4.36.